The van der Waals surface area contributed by atoms with Gasteiger partial charge < -0.3 is 0 Å². The number of hydrogen-bond donors (Lipinski definition) is 1. The smallest absolute Gasteiger partial charge is 0.274 e. The van der Waals surface area contributed by atoms with Gasteiger partial charge in [0.2, 0.25) is 0 Å². The summed E-state index contributed by atoms with van der Waals surface area (Å²) >= 11 is 0.291. The second-order valence-corrected chi connectivity index (χ2v) is 8.56. The van der Waals surface area contributed by atoms with Gasteiger partial charge in [-0.2, -0.15) is 0 Å². The van der Waals surface area contributed by atoms with E-state index in [2.05, 4.69) is 10.2 Å². The van der Waals surface area contributed by atoms with Crippen LogP contribution in [0.25, 0.3) is 0 Å². The second-order valence-electron chi connectivity index (χ2n) is 5.96. The van der Waals surface area contributed by atoms with Crippen molar-refractivity contribution in [3.8, 4) is 0 Å². The van der Waals surface area contributed by atoms with Gasteiger partial charge in [-0.05, 0) is 5.92 Å². The van der Waals surface area contributed by atoms with Crippen LogP contribution >= 0.6 is 0 Å². The van der Waals surface area contributed by atoms with Crippen molar-refractivity contribution >= 4 is 17.7 Å². The molecule has 0 aromatic heterocycles. The number of amides is 3. The van der Waals surface area contributed by atoms with Crippen LogP contribution in [0.4, 0.5) is 0 Å². The monoisotopic (exact) mass is 439 g/mol. The first-order valence-electron chi connectivity index (χ1n) is 8.09. The number of nitrogens with one attached hydrogen (secondary N) is 1. The molecule has 1 aliphatic heterocycles. The molecule has 6 nitrogen and oxygen atoms in total. The number of carbonyl (C=O) groups excluding carboxylic acids is 3. The number of carbonyl (C=O) groups is 3. The number of halogens is 1. The fourth-order valence-corrected chi connectivity index (χ4v) is 3.15. The number of hydrogen-bond acceptors (Lipinski definition) is 4. The van der Waals surface area contributed by atoms with Crippen LogP contribution in [0.2, 0.25) is 0 Å². The van der Waals surface area contributed by atoms with E-state index in [-0.39, 0.29) is 48.9 Å². The minimum absolute atomic E-state index is 0.127. The minimum atomic E-state index is -0.228. The van der Waals surface area contributed by atoms with E-state index in [9.17, 15) is 14.4 Å². The van der Waals surface area contributed by atoms with E-state index in [0.717, 1.165) is 13.0 Å². The van der Waals surface area contributed by atoms with Crippen molar-refractivity contribution in [3.63, 3.8) is 0 Å². The molecule has 0 bridgehead atoms. The number of nitrogens with zero attached hydrogens (tertiary/aromatic N) is 1. The van der Waals surface area contributed by atoms with Crippen LogP contribution in [0, 0.1) is 11.8 Å². The Balaban J connectivity index is 2.16. The molecule has 134 valence electrons. The second kappa shape index (κ2) is 11.0. The molecule has 1 rings (SSSR count). The summed E-state index contributed by atoms with van der Waals surface area (Å²) in [4.78, 5) is 39.2. The van der Waals surface area contributed by atoms with Gasteiger partial charge in [-0.25, -0.2) is 0 Å². The summed E-state index contributed by atoms with van der Waals surface area (Å²) in [5, 5.41) is 2.80. The van der Waals surface area contributed by atoms with Crippen LogP contribution in [-0.2, 0) is 19.1 Å². The van der Waals surface area contributed by atoms with Crippen LogP contribution in [0.15, 0.2) is 0 Å². The SMILES string of the molecule is C[I-]CCOCCCNC(=O)CCN1C(=O)CC(C(C)C)C1=O. The molecule has 3 amide bonds. The minimum Gasteiger partial charge on any atom is -0.274 e. The molecule has 1 saturated heterocycles. The van der Waals surface area contributed by atoms with Gasteiger partial charge in [0.05, 0.1) is 0 Å². The predicted octanol–water partition coefficient (Wildman–Crippen LogP) is -2.35. The summed E-state index contributed by atoms with van der Waals surface area (Å²) < 4.78 is 6.61. The van der Waals surface area contributed by atoms with Gasteiger partial charge in [0.15, 0.2) is 0 Å². The third-order valence-electron chi connectivity index (χ3n) is 3.84. The molecule has 1 atom stereocenters. The van der Waals surface area contributed by atoms with Gasteiger partial charge in [0.1, 0.15) is 0 Å². The van der Waals surface area contributed by atoms with Crippen LogP contribution in [0.1, 0.15) is 33.1 Å². The molecule has 23 heavy (non-hydrogen) atoms. The van der Waals surface area contributed by atoms with Crippen LogP contribution in [0.3, 0.4) is 0 Å². The van der Waals surface area contributed by atoms with Crippen LogP contribution in [0.5, 0.6) is 0 Å². The van der Waals surface area contributed by atoms with E-state index in [0.29, 0.717) is 34.4 Å². The van der Waals surface area contributed by atoms with Gasteiger partial charge in [-0.15, -0.1) is 0 Å². The van der Waals surface area contributed by atoms with Crippen molar-refractivity contribution in [1.29, 1.82) is 0 Å². The van der Waals surface area contributed by atoms with E-state index >= 15 is 0 Å². The van der Waals surface area contributed by atoms with Crippen LogP contribution < -0.4 is 26.5 Å². The Labute approximate surface area is 149 Å². The molecule has 0 saturated carbocycles. The van der Waals surface area contributed by atoms with E-state index in [1.165, 1.54) is 9.33 Å². The van der Waals surface area contributed by atoms with Crippen molar-refractivity contribution in [3.05, 3.63) is 0 Å². The van der Waals surface area contributed by atoms with Crippen molar-refractivity contribution in [2.45, 2.75) is 33.1 Å². The first-order valence-corrected chi connectivity index (χ1v) is 11.8. The first-order chi connectivity index (χ1) is 11.0. The standard InChI is InChI=1S/C16H28IN2O4/c1-12(2)13-11-15(21)19(16(13)22)8-5-14(20)18-7-4-9-23-10-6-17-3/h12-13H,4-11H2,1-3H3,(H,18,20)/q-1. The first kappa shape index (κ1) is 20.3. The van der Waals surface area contributed by atoms with Crippen LogP contribution in [-0.4, -0.2) is 58.3 Å². The number of likely N-dealkylation sites (tertiary alicyclic amines) is 1. The van der Waals surface area contributed by atoms with E-state index in [1.807, 2.05) is 13.8 Å². The summed E-state index contributed by atoms with van der Waals surface area (Å²) in [6, 6.07) is 0. The molecule has 0 radical (unpaired) electrons. The van der Waals surface area contributed by atoms with Crippen molar-refractivity contribution < 1.29 is 40.3 Å². The topological polar surface area (TPSA) is 75.7 Å². The Hall–Kier alpha value is -0.700. The van der Waals surface area contributed by atoms with Gasteiger partial charge in [0.25, 0.3) is 0 Å². The number of rotatable bonds is 11. The average Bonchev–Trinajstić information content (AvgIpc) is 2.79. The Morgan fingerprint density at radius 1 is 1.39 bits per heavy atom. The molecule has 0 spiro atoms. The van der Waals surface area contributed by atoms with E-state index < -0.39 is 0 Å². The quantitative estimate of drug-likeness (QED) is 0.169. The van der Waals surface area contributed by atoms with Gasteiger partial charge in [0, 0.05) is 12.3 Å². The summed E-state index contributed by atoms with van der Waals surface area (Å²) in [5.74, 6) is -0.495. The molecule has 1 fully saturated rings. The molecular formula is C16H28IN2O4-. The van der Waals surface area contributed by atoms with Crippen molar-refractivity contribution in [1.82, 2.24) is 10.2 Å². The van der Waals surface area contributed by atoms with E-state index in [1.54, 1.807) is 0 Å². The molecule has 1 N–H and O–H groups in total. The van der Waals surface area contributed by atoms with Crippen molar-refractivity contribution in [2.24, 2.45) is 11.8 Å². The number of imide groups is 1. The molecule has 1 aliphatic rings. The maximum atomic E-state index is 12.1. The molecule has 0 aromatic carbocycles. The van der Waals surface area contributed by atoms with Gasteiger partial charge in [-0.3, -0.25) is 9.59 Å². The Morgan fingerprint density at radius 3 is 2.74 bits per heavy atom. The van der Waals surface area contributed by atoms with Gasteiger partial charge in [-0.1, -0.05) is 13.8 Å². The molecule has 0 aliphatic carbocycles. The summed E-state index contributed by atoms with van der Waals surface area (Å²) in [6.45, 7) is 6.10. The zero-order chi connectivity index (χ0) is 17.2. The third-order valence-corrected chi connectivity index (χ3v) is 5.36. The Morgan fingerprint density at radius 2 is 2.13 bits per heavy atom. The maximum absolute atomic E-state index is 12.1. The normalized spacial score (nSPS) is 18.3. The molecule has 1 unspecified atom stereocenters. The fraction of sp³-hybridized carbons (Fsp3) is 0.812. The third kappa shape index (κ3) is 7.15. The van der Waals surface area contributed by atoms with E-state index in [4.69, 9.17) is 4.74 Å². The Bertz CT molecular complexity index is 415. The number of alkyl halides is 2. The summed E-state index contributed by atoms with van der Waals surface area (Å²) in [5.41, 5.74) is 0. The zero-order valence-corrected chi connectivity index (χ0v) is 16.4. The fourth-order valence-electron chi connectivity index (χ4n) is 2.40. The average molecular weight is 439 g/mol. The molecule has 0 aromatic rings. The summed E-state index contributed by atoms with van der Waals surface area (Å²) in [7, 11) is 0. The van der Waals surface area contributed by atoms with Crippen molar-refractivity contribution in [2.75, 3.05) is 35.7 Å². The predicted molar refractivity (Wildman–Crippen MR) is 83.5 cm³/mol. The number of ether oxygens (including phenoxy) is 1. The van der Waals surface area contributed by atoms with Gasteiger partial charge >= 0.3 is 107 Å². The Kier molecular flexibility index (Phi) is 9.69. The molecule has 1 heterocycles. The molecule has 7 heteroatoms. The zero-order valence-electron chi connectivity index (χ0n) is 14.3. The molecular weight excluding hydrogens is 411 g/mol. The summed E-state index contributed by atoms with van der Waals surface area (Å²) in [6.07, 6.45) is 1.23.